The van der Waals surface area contributed by atoms with Crippen LogP contribution in [0.2, 0.25) is 0 Å². The molecule has 0 spiro atoms. The minimum absolute atomic E-state index is 0.489. The van der Waals surface area contributed by atoms with Gasteiger partial charge in [0, 0.05) is 17.0 Å². The molecule has 0 aliphatic heterocycles. The summed E-state index contributed by atoms with van der Waals surface area (Å²) in [7, 11) is 1.81. The van der Waals surface area contributed by atoms with Gasteiger partial charge in [0.25, 0.3) is 0 Å². The van der Waals surface area contributed by atoms with Gasteiger partial charge in [-0.1, -0.05) is 12.1 Å². The highest BCUT2D eigenvalue weighted by atomic mass is 32.1. The molecule has 0 unspecified atom stereocenters. The van der Waals surface area contributed by atoms with Crippen LogP contribution in [0, 0.1) is 0 Å². The summed E-state index contributed by atoms with van der Waals surface area (Å²) in [5.74, 6) is 0. The first kappa shape index (κ1) is 13.0. The molecule has 2 rings (SSSR count). The Balaban J connectivity index is 2.32. The highest BCUT2D eigenvalue weighted by molar-refractivity contribution is 7.06. The largest absolute Gasteiger partial charge is 0.416 e. The molecule has 6 heteroatoms. The summed E-state index contributed by atoms with van der Waals surface area (Å²) in [6.07, 6.45) is -4.32. The van der Waals surface area contributed by atoms with E-state index < -0.39 is 11.7 Å². The van der Waals surface area contributed by atoms with Crippen molar-refractivity contribution < 1.29 is 13.2 Å². The summed E-state index contributed by atoms with van der Waals surface area (Å²) in [5.41, 5.74) is 0.419. The van der Waals surface area contributed by atoms with Gasteiger partial charge in [-0.3, -0.25) is 0 Å². The van der Waals surface area contributed by atoms with Crippen LogP contribution in [0.1, 0.15) is 10.4 Å². The Morgan fingerprint density at radius 1 is 1.28 bits per heavy atom. The van der Waals surface area contributed by atoms with E-state index in [-0.39, 0.29) is 0 Å². The van der Waals surface area contributed by atoms with Crippen molar-refractivity contribution in [1.82, 2.24) is 9.69 Å². The summed E-state index contributed by atoms with van der Waals surface area (Å²) in [6, 6.07) is 7.02. The first-order valence-electron chi connectivity index (χ1n) is 5.28. The molecule has 1 N–H and O–H groups in total. The molecule has 0 saturated heterocycles. The van der Waals surface area contributed by atoms with Crippen LogP contribution < -0.4 is 5.32 Å². The molecule has 96 valence electrons. The molecular formula is C12H11F3N2S. The van der Waals surface area contributed by atoms with Crippen molar-refractivity contribution in [3.8, 4) is 11.3 Å². The Morgan fingerprint density at radius 3 is 2.72 bits per heavy atom. The van der Waals surface area contributed by atoms with Crippen LogP contribution in [0.5, 0.6) is 0 Å². The Morgan fingerprint density at radius 2 is 2.06 bits per heavy atom. The fourth-order valence-electron chi connectivity index (χ4n) is 1.56. The smallest absolute Gasteiger partial charge is 0.315 e. The number of rotatable bonds is 3. The highest BCUT2D eigenvalue weighted by Crippen LogP contribution is 2.32. The monoisotopic (exact) mass is 272 g/mol. The van der Waals surface area contributed by atoms with Crippen molar-refractivity contribution in [1.29, 1.82) is 0 Å². The number of aromatic nitrogens is 1. The van der Waals surface area contributed by atoms with E-state index in [1.54, 1.807) is 12.1 Å². The molecule has 18 heavy (non-hydrogen) atoms. The summed E-state index contributed by atoms with van der Waals surface area (Å²) in [4.78, 5) is 0.991. The van der Waals surface area contributed by atoms with Crippen LogP contribution in [-0.4, -0.2) is 11.4 Å². The fraction of sp³-hybridized carbons (Fsp3) is 0.250. The van der Waals surface area contributed by atoms with Gasteiger partial charge in [-0.05, 0) is 36.8 Å². The van der Waals surface area contributed by atoms with Crippen LogP contribution in [0.25, 0.3) is 11.3 Å². The Hall–Kier alpha value is -1.40. The van der Waals surface area contributed by atoms with Crippen molar-refractivity contribution in [3.63, 3.8) is 0 Å². The second kappa shape index (κ2) is 5.07. The molecule has 2 nitrogen and oxygen atoms in total. The lowest BCUT2D eigenvalue weighted by Crippen LogP contribution is -2.04. The SMILES string of the molecule is CNCc1cc(-c2cccc(C(F)(F)F)c2)ns1. The lowest BCUT2D eigenvalue weighted by molar-refractivity contribution is -0.137. The Kier molecular flexibility index (Phi) is 3.68. The fourth-order valence-corrected chi connectivity index (χ4v) is 2.31. The van der Waals surface area contributed by atoms with E-state index >= 15 is 0 Å². The molecule has 0 amide bonds. The number of nitrogens with zero attached hydrogens (tertiary/aromatic N) is 1. The number of alkyl halides is 3. The van der Waals surface area contributed by atoms with Crippen molar-refractivity contribution in [2.45, 2.75) is 12.7 Å². The molecule has 0 atom stereocenters. The van der Waals surface area contributed by atoms with Gasteiger partial charge in [0.1, 0.15) is 0 Å². The van der Waals surface area contributed by atoms with Gasteiger partial charge >= 0.3 is 6.18 Å². The van der Waals surface area contributed by atoms with E-state index in [0.29, 0.717) is 17.8 Å². The van der Waals surface area contributed by atoms with Crippen LogP contribution in [0.3, 0.4) is 0 Å². The quantitative estimate of drug-likeness (QED) is 0.924. The highest BCUT2D eigenvalue weighted by Gasteiger charge is 2.30. The summed E-state index contributed by atoms with van der Waals surface area (Å²) >= 11 is 1.29. The van der Waals surface area contributed by atoms with E-state index in [9.17, 15) is 13.2 Å². The maximum atomic E-state index is 12.6. The Bertz CT molecular complexity index is 534. The maximum absolute atomic E-state index is 12.6. The lowest BCUT2D eigenvalue weighted by Gasteiger charge is -2.07. The predicted octanol–water partition coefficient (Wildman–Crippen LogP) is 3.55. The maximum Gasteiger partial charge on any atom is 0.416 e. The molecule has 0 fully saturated rings. The molecule has 1 aromatic carbocycles. The zero-order valence-electron chi connectivity index (χ0n) is 9.58. The molecule has 0 bridgehead atoms. The average Bonchev–Trinajstić information content (AvgIpc) is 2.77. The zero-order chi connectivity index (χ0) is 13.2. The van der Waals surface area contributed by atoms with Crippen LogP contribution in [0.4, 0.5) is 13.2 Å². The Labute approximate surface area is 107 Å². The molecule has 0 saturated carbocycles. The molecule has 1 heterocycles. The van der Waals surface area contributed by atoms with E-state index in [0.717, 1.165) is 17.0 Å². The third kappa shape index (κ3) is 2.88. The van der Waals surface area contributed by atoms with Gasteiger partial charge in [0.2, 0.25) is 0 Å². The molecule has 0 aliphatic carbocycles. The van der Waals surface area contributed by atoms with E-state index in [1.807, 2.05) is 7.05 Å². The molecular weight excluding hydrogens is 261 g/mol. The van der Waals surface area contributed by atoms with Gasteiger partial charge in [-0.25, -0.2) is 0 Å². The van der Waals surface area contributed by atoms with Gasteiger partial charge < -0.3 is 5.32 Å². The van der Waals surface area contributed by atoms with Crippen LogP contribution >= 0.6 is 11.5 Å². The van der Waals surface area contributed by atoms with Crippen LogP contribution in [-0.2, 0) is 12.7 Å². The minimum atomic E-state index is -4.32. The summed E-state index contributed by atoms with van der Waals surface area (Å²) in [5, 5.41) is 2.97. The third-order valence-corrected chi connectivity index (χ3v) is 3.18. The summed E-state index contributed by atoms with van der Waals surface area (Å²) < 4.78 is 41.9. The van der Waals surface area contributed by atoms with E-state index in [4.69, 9.17) is 0 Å². The topological polar surface area (TPSA) is 24.9 Å². The molecule has 2 aromatic rings. The number of hydrogen-bond acceptors (Lipinski definition) is 3. The normalized spacial score (nSPS) is 11.8. The molecule has 1 aromatic heterocycles. The zero-order valence-corrected chi connectivity index (χ0v) is 10.4. The number of halogens is 3. The van der Waals surface area contributed by atoms with Gasteiger partial charge in [0.05, 0.1) is 11.3 Å². The van der Waals surface area contributed by atoms with Crippen molar-refractivity contribution in [2.24, 2.45) is 0 Å². The molecule has 0 aliphatic rings. The number of benzene rings is 1. The summed E-state index contributed by atoms with van der Waals surface area (Å²) in [6.45, 7) is 0.663. The second-order valence-electron chi connectivity index (χ2n) is 3.79. The van der Waals surface area contributed by atoms with Gasteiger partial charge in [-0.2, -0.15) is 17.5 Å². The van der Waals surface area contributed by atoms with Crippen molar-refractivity contribution >= 4 is 11.5 Å². The van der Waals surface area contributed by atoms with Gasteiger partial charge in [-0.15, -0.1) is 0 Å². The van der Waals surface area contributed by atoms with Crippen LogP contribution in [0.15, 0.2) is 30.3 Å². The van der Waals surface area contributed by atoms with E-state index in [1.165, 1.54) is 17.6 Å². The van der Waals surface area contributed by atoms with Gasteiger partial charge in [0.15, 0.2) is 0 Å². The number of hydrogen-bond donors (Lipinski definition) is 1. The predicted molar refractivity (Wildman–Crippen MR) is 65.3 cm³/mol. The first-order chi connectivity index (χ1) is 8.50. The van der Waals surface area contributed by atoms with E-state index in [2.05, 4.69) is 9.69 Å². The number of nitrogens with one attached hydrogen (secondary N) is 1. The standard InChI is InChI=1S/C12H11F3N2S/c1-16-7-10-6-11(17-18-10)8-3-2-4-9(5-8)12(13,14)15/h2-6,16H,7H2,1H3. The lowest BCUT2D eigenvalue weighted by atomic mass is 10.1. The average molecular weight is 272 g/mol. The molecule has 0 radical (unpaired) electrons. The first-order valence-corrected chi connectivity index (χ1v) is 6.06. The third-order valence-electron chi connectivity index (χ3n) is 2.40. The minimum Gasteiger partial charge on any atom is -0.315 e. The van der Waals surface area contributed by atoms with Crippen molar-refractivity contribution in [3.05, 3.63) is 40.8 Å². The second-order valence-corrected chi connectivity index (χ2v) is 4.68. The van der Waals surface area contributed by atoms with Crippen molar-refractivity contribution in [2.75, 3.05) is 7.05 Å².